The van der Waals surface area contributed by atoms with Crippen LogP contribution in [0, 0.1) is 0 Å². The molecule has 2 aromatic carbocycles. The van der Waals surface area contributed by atoms with Crippen molar-refractivity contribution in [3.63, 3.8) is 0 Å². The Hall–Kier alpha value is -1.75. The number of aryl methyl sites for hydroxylation is 1. The van der Waals surface area contributed by atoms with Crippen molar-refractivity contribution in [3.05, 3.63) is 68.7 Å². The van der Waals surface area contributed by atoms with Gasteiger partial charge < -0.3 is 10.2 Å². The molecule has 7 heteroatoms. The Morgan fingerprint density at radius 2 is 1.75 bits per heavy atom. The van der Waals surface area contributed by atoms with Crippen molar-refractivity contribution in [3.8, 4) is 0 Å². The summed E-state index contributed by atoms with van der Waals surface area (Å²) in [5.41, 5.74) is 1.63. The van der Waals surface area contributed by atoms with E-state index >= 15 is 0 Å². The Kier molecular flexibility index (Phi) is 8.61. The van der Waals surface area contributed by atoms with Crippen molar-refractivity contribution in [2.24, 2.45) is 0 Å². The molecule has 0 fully saturated rings. The SMILES string of the molecule is CC[C@H](C(=O)NC)N(Cc1ccc(Cl)cc1Cl)C(=O)CCc1ccccc1Cl. The first-order valence-electron chi connectivity index (χ1n) is 9.05. The summed E-state index contributed by atoms with van der Waals surface area (Å²) in [6.45, 7) is 2.10. The Balaban J connectivity index is 2.24. The molecule has 2 aromatic rings. The molecule has 1 atom stereocenters. The first-order chi connectivity index (χ1) is 13.4. The standard InChI is InChI=1S/C21H23Cl3N2O2/c1-3-19(21(28)25-2)26(13-15-8-10-16(22)12-18(15)24)20(27)11-9-14-6-4-5-7-17(14)23/h4-8,10,12,19H,3,9,11,13H2,1-2H3,(H,25,28)/t19-/m1/s1. The molecular formula is C21H23Cl3N2O2. The lowest BCUT2D eigenvalue weighted by Crippen LogP contribution is -2.48. The summed E-state index contributed by atoms with van der Waals surface area (Å²) in [4.78, 5) is 27.0. The van der Waals surface area contributed by atoms with Gasteiger partial charge in [0.25, 0.3) is 0 Å². The van der Waals surface area contributed by atoms with Gasteiger partial charge in [-0.3, -0.25) is 9.59 Å². The normalized spacial score (nSPS) is 11.8. The van der Waals surface area contributed by atoms with Gasteiger partial charge in [0, 0.05) is 35.1 Å². The summed E-state index contributed by atoms with van der Waals surface area (Å²) < 4.78 is 0. The van der Waals surface area contributed by atoms with Gasteiger partial charge in [0.1, 0.15) is 6.04 Å². The zero-order valence-corrected chi connectivity index (χ0v) is 18.1. The van der Waals surface area contributed by atoms with Crippen molar-refractivity contribution in [1.82, 2.24) is 10.2 Å². The zero-order valence-electron chi connectivity index (χ0n) is 15.8. The first-order valence-corrected chi connectivity index (χ1v) is 10.2. The Morgan fingerprint density at radius 3 is 2.36 bits per heavy atom. The molecule has 28 heavy (non-hydrogen) atoms. The van der Waals surface area contributed by atoms with Crippen LogP contribution in [-0.4, -0.2) is 29.8 Å². The van der Waals surface area contributed by atoms with Crippen molar-refractivity contribution in [2.75, 3.05) is 7.05 Å². The van der Waals surface area contributed by atoms with Crippen LogP contribution < -0.4 is 5.32 Å². The molecule has 150 valence electrons. The van der Waals surface area contributed by atoms with E-state index in [2.05, 4.69) is 5.32 Å². The van der Waals surface area contributed by atoms with E-state index in [0.717, 1.165) is 11.1 Å². The number of nitrogens with zero attached hydrogens (tertiary/aromatic N) is 1. The van der Waals surface area contributed by atoms with Crippen LogP contribution in [0.3, 0.4) is 0 Å². The molecule has 0 spiro atoms. The first kappa shape index (κ1) is 22.5. The molecule has 0 radical (unpaired) electrons. The third-order valence-corrected chi connectivity index (χ3v) is 5.51. The molecule has 0 aliphatic rings. The summed E-state index contributed by atoms with van der Waals surface area (Å²) >= 11 is 18.5. The van der Waals surface area contributed by atoms with Gasteiger partial charge in [-0.05, 0) is 42.2 Å². The second kappa shape index (κ2) is 10.7. The highest BCUT2D eigenvalue weighted by Crippen LogP contribution is 2.24. The summed E-state index contributed by atoms with van der Waals surface area (Å²) in [6, 6.07) is 12.0. The number of carbonyl (C=O) groups excluding carboxylic acids is 2. The Morgan fingerprint density at radius 1 is 1.04 bits per heavy atom. The summed E-state index contributed by atoms with van der Waals surface area (Å²) in [5.74, 6) is -0.347. The lowest BCUT2D eigenvalue weighted by atomic mass is 10.1. The largest absolute Gasteiger partial charge is 0.357 e. The van der Waals surface area contributed by atoms with Gasteiger partial charge in [0.15, 0.2) is 0 Å². The Labute approximate surface area is 180 Å². The van der Waals surface area contributed by atoms with Crippen molar-refractivity contribution >= 4 is 46.6 Å². The van der Waals surface area contributed by atoms with E-state index in [1.165, 1.54) is 0 Å². The number of hydrogen-bond acceptors (Lipinski definition) is 2. The van der Waals surface area contributed by atoms with E-state index in [9.17, 15) is 9.59 Å². The van der Waals surface area contributed by atoms with Gasteiger partial charge in [0.2, 0.25) is 11.8 Å². The fourth-order valence-electron chi connectivity index (χ4n) is 3.01. The number of halogens is 3. The molecule has 0 bridgehead atoms. The van der Waals surface area contributed by atoms with Crippen LogP contribution in [0.15, 0.2) is 42.5 Å². The molecule has 0 unspecified atom stereocenters. The summed E-state index contributed by atoms with van der Waals surface area (Å²) in [5, 5.41) is 4.24. The predicted molar refractivity (Wildman–Crippen MR) is 115 cm³/mol. The minimum absolute atomic E-state index is 0.138. The maximum absolute atomic E-state index is 13.1. The number of likely N-dealkylation sites (N-methyl/N-ethyl adjacent to an activating group) is 1. The van der Waals surface area contributed by atoms with Gasteiger partial charge in [0.05, 0.1) is 0 Å². The average molecular weight is 442 g/mol. The van der Waals surface area contributed by atoms with Crippen LogP contribution >= 0.6 is 34.8 Å². The number of nitrogens with one attached hydrogen (secondary N) is 1. The van der Waals surface area contributed by atoms with Gasteiger partial charge in [-0.25, -0.2) is 0 Å². The second-order valence-corrected chi connectivity index (χ2v) is 7.64. The topological polar surface area (TPSA) is 49.4 Å². The minimum Gasteiger partial charge on any atom is -0.357 e. The monoisotopic (exact) mass is 440 g/mol. The van der Waals surface area contributed by atoms with Crippen molar-refractivity contribution in [1.29, 1.82) is 0 Å². The van der Waals surface area contributed by atoms with Crippen LogP contribution in [0.4, 0.5) is 0 Å². The van der Waals surface area contributed by atoms with Crippen LogP contribution in [0.1, 0.15) is 30.9 Å². The van der Waals surface area contributed by atoms with Crippen molar-refractivity contribution in [2.45, 2.75) is 38.8 Å². The lowest BCUT2D eigenvalue weighted by Gasteiger charge is -2.30. The second-order valence-electron chi connectivity index (χ2n) is 6.39. The van der Waals surface area contributed by atoms with E-state index in [4.69, 9.17) is 34.8 Å². The van der Waals surface area contributed by atoms with E-state index in [-0.39, 0.29) is 24.8 Å². The smallest absolute Gasteiger partial charge is 0.242 e. The minimum atomic E-state index is -0.588. The molecule has 0 heterocycles. The van der Waals surface area contributed by atoms with Crippen LogP contribution in [0.2, 0.25) is 15.1 Å². The third kappa shape index (κ3) is 5.87. The molecule has 4 nitrogen and oxygen atoms in total. The van der Waals surface area contributed by atoms with Gasteiger partial charge in [-0.15, -0.1) is 0 Å². The fourth-order valence-corrected chi connectivity index (χ4v) is 3.70. The third-order valence-electron chi connectivity index (χ3n) is 4.55. The molecule has 0 saturated heterocycles. The molecule has 0 aliphatic carbocycles. The van der Waals surface area contributed by atoms with Crippen LogP contribution in [0.25, 0.3) is 0 Å². The molecule has 2 amide bonds. The maximum Gasteiger partial charge on any atom is 0.242 e. The van der Waals surface area contributed by atoms with Gasteiger partial charge in [-0.1, -0.05) is 66.0 Å². The van der Waals surface area contributed by atoms with Crippen LogP contribution in [0.5, 0.6) is 0 Å². The fraction of sp³-hybridized carbons (Fsp3) is 0.333. The zero-order chi connectivity index (χ0) is 20.7. The molecule has 0 saturated carbocycles. The molecule has 0 aromatic heterocycles. The van der Waals surface area contributed by atoms with Gasteiger partial charge >= 0.3 is 0 Å². The summed E-state index contributed by atoms with van der Waals surface area (Å²) in [7, 11) is 1.56. The maximum atomic E-state index is 13.1. The highest BCUT2D eigenvalue weighted by molar-refractivity contribution is 6.35. The summed E-state index contributed by atoms with van der Waals surface area (Å²) in [6.07, 6.45) is 1.22. The van der Waals surface area contributed by atoms with E-state index < -0.39 is 6.04 Å². The lowest BCUT2D eigenvalue weighted by molar-refractivity contribution is -0.141. The van der Waals surface area contributed by atoms with Crippen LogP contribution in [-0.2, 0) is 22.6 Å². The highest BCUT2D eigenvalue weighted by atomic mass is 35.5. The average Bonchev–Trinajstić information content (AvgIpc) is 2.68. The van der Waals surface area contributed by atoms with E-state index in [1.54, 1.807) is 36.2 Å². The number of benzene rings is 2. The molecule has 1 N–H and O–H groups in total. The number of carbonyl (C=O) groups is 2. The molecule has 2 rings (SSSR count). The number of amides is 2. The van der Waals surface area contributed by atoms with E-state index in [1.807, 2.05) is 25.1 Å². The van der Waals surface area contributed by atoms with E-state index in [0.29, 0.717) is 27.9 Å². The molecule has 0 aliphatic heterocycles. The molecular weight excluding hydrogens is 419 g/mol. The predicted octanol–water partition coefficient (Wildman–Crippen LogP) is 5.13. The number of hydrogen-bond donors (Lipinski definition) is 1. The van der Waals surface area contributed by atoms with Crippen molar-refractivity contribution < 1.29 is 9.59 Å². The Bertz CT molecular complexity index is 842. The quantitative estimate of drug-likeness (QED) is 0.617. The number of rotatable bonds is 8. The highest BCUT2D eigenvalue weighted by Gasteiger charge is 2.28. The van der Waals surface area contributed by atoms with Gasteiger partial charge in [-0.2, -0.15) is 0 Å².